The van der Waals surface area contributed by atoms with E-state index in [2.05, 4.69) is 16.8 Å². The van der Waals surface area contributed by atoms with E-state index in [0.29, 0.717) is 12.1 Å². The van der Waals surface area contributed by atoms with Crippen LogP contribution in [0.5, 0.6) is 0 Å². The first kappa shape index (κ1) is 12.9. The average molecular weight is 279 g/mol. The van der Waals surface area contributed by atoms with Gasteiger partial charge in [-0.2, -0.15) is 0 Å². The molecule has 1 aliphatic carbocycles. The smallest absolute Gasteiger partial charge is 0.314 e. The highest BCUT2D eigenvalue weighted by Gasteiger charge is 2.26. The van der Waals surface area contributed by atoms with E-state index in [1.807, 2.05) is 11.3 Å². The van der Waals surface area contributed by atoms with Gasteiger partial charge in [-0.3, -0.25) is 0 Å². The summed E-state index contributed by atoms with van der Waals surface area (Å²) < 4.78 is 0. The third-order valence-electron chi connectivity index (χ3n) is 4.30. The summed E-state index contributed by atoms with van der Waals surface area (Å²) in [4.78, 5) is 14.4. The van der Waals surface area contributed by atoms with Crippen LogP contribution in [0.4, 0.5) is 4.79 Å². The SMILES string of the molecule is NC(=O)N1CCC(NC2CCCc3sccc32)CC1. The Balaban J connectivity index is 1.58. The molecule has 2 amide bonds. The maximum Gasteiger partial charge on any atom is 0.314 e. The summed E-state index contributed by atoms with van der Waals surface area (Å²) in [5.41, 5.74) is 6.82. The third kappa shape index (κ3) is 2.77. The summed E-state index contributed by atoms with van der Waals surface area (Å²) in [6.45, 7) is 1.58. The van der Waals surface area contributed by atoms with Crippen LogP contribution in [0.3, 0.4) is 0 Å². The highest BCUT2D eigenvalue weighted by Crippen LogP contribution is 2.34. The molecule has 104 valence electrons. The predicted octanol–water partition coefficient (Wildman–Crippen LogP) is 2.26. The van der Waals surface area contributed by atoms with E-state index in [0.717, 1.165) is 25.9 Å². The van der Waals surface area contributed by atoms with E-state index in [-0.39, 0.29) is 6.03 Å². The van der Waals surface area contributed by atoms with Crippen molar-refractivity contribution < 1.29 is 4.79 Å². The van der Waals surface area contributed by atoms with Gasteiger partial charge in [0.2, 0.25) is 0 Å². The molecular weight excluding hydrogens is 258 g/mol. The van der Waals surface area contributed by atoms with Crippen LogP contribution in [0.15, 0.2) is 11.4 Å². The van der Waals surface area contributed by atoms with Gasteiger partial charge in [-0.05, 0) is 49.1 Å². The quantitative estimate of drug-likeness (QED) is 0.872. The maximum absolute atomic E-state index is 11.1. The number of carbonyl (C=O) groups excluding carboxylic acids is 1. The van der Waals surface area contributed by atoms with Gasteiger partial charge in [0.05, 0.1) is 0 Å². The van der Waals surface area contributed by atoms with Crippen molar-refractivity contribution in [3.05, 3.63) is 21.9 Å². The fourth-order valence-electron chi connectivity index (χ4n) is 3.21. The minimum absolute atomic E-state index is 0.281. The number of hydrogen-bond acceptors (Lipinski definition) is 3. The number of nitrogens with two attached hydrogens (primary N) is 1. The topological polar surface area (TPSA) is 58.4 Å². The van der Waals surface area contributed by atoms with Crippen molar-refractivity contribution >= 4 is 17.4 Å². The van der Waals surface area contributed by atoms with E-state index < -0.39 is 0 Å². The fraction of sp³-hybridized carbons (Fsp3) is 0.643. The second kappa shape index (κ2) is 5.51. The lowest BCUT2D eigenvalue weighted by Gasteiger charge is -2.35. The van der Waals surface area contributed by atoms with Crippen LogP contribution in [0.25, 0.3) is 0 Å². The summed E-state index contributed by atoms with van der Waals surface area (Å²) in [5, 5.41) is 6.00. The van der Waals surface area contributed by atoms with Crippen LogP contribution in [-0.2, 0) is 6.42 Å². The number of fused-ring (bicyclic) bond motifs is 1. The first-order chi connectivity index (χ1) is 9.24. The van der Waals surface area contributed by atoms with E-state index in [1.54, 1.807) is 9.78 Å². The van der Waals surface area contributed by atoms with Crippen LogP contribution in [0.2, 0.25) is 0 Å². The Morgan fingerprint density at radius 1 is 1.37 bits per heavy atom. The molecule has 1 atom stereocenters. The summed E-state index contributed by atoms with van der Waals surface area (Å²) in [5.74, 6) is 0. The molecule has 0 radical (unpaired) electrons. The normalized spacial score (nSPS) is 24.2. The van der Waals surface area contributed by atoms with Gasteiger partial charge in [0, 0.05) is 30.1 Å². The molecule has 1 saturated heterocycles. The van der Waals surface area contributed by atoms with Crippen molar-refractivity contribution in [2.75, 3.05) is 13.1 Å². The maximum atomic E-state index is 11.1. The van der Waals surface area contributed by atoms with Gasteiger partial charge in [0.1, 0.15) is 0 Å². The van der Waals surface area contributed by atoms with E-state index in [1.165, 1.54) is 24.8 Å². The fourth-order valence-corrected chi connectivity index (χ4v) is 4.20. The van der Waals surface area contributed by atoms with Crippen LogP contribution in [0.1, 0.15) is 42.2 Å². The van der Waals surface area contributed by atoms with Gasteiger partial charge < -0.3 is 16.0 Å². The van der Waals surface area contributed by atoms with Crippen molar-refractivity contribution in [2.24, 2.45) is 5.73 Å². The van der Waals surface area contributed by atoms with E-state index in [9.17, 15) is 4.79 Å². The lowest BCUT2D eigenvalue weighted by Crippen LogP contribution is -2.47. The van der Waals surface area contributed by atoms with Crippen molar-refractivity contribution in [1.29, 1.82) is 0 Å². The Morgan fingerprint density at radius 2 is 2.16 bits per heavy atom. The number of carbonyl (C=O) groups is 1. The Hall–Kier alpha value is -1.07. The Kier molecular flexibility index (Phi) is 3.75. The highest BCUT2D eigenvalue weighted by atomic mass is 32.1. The lowest BCUT2D eigenvalue weighted by atomic mass is 9.92. The second-order valence-corrected chi connectivity index (χ2v) is 6.51. The minimum atomic E-state index is -0.281. The molecule has 4 nitrogen and oxygen atoms in total. The second-order valence-electron chi connectivity index (χ2n) is 5.51. The summed E-state index contributed by atoms with van der Waals surface area (Å²) in [6, 6.07) is 3.03. The number of nitrogens with zero attached hydrogens (tertiary/aromatic N) is 1. The number of nitrogens with one attached hydrogen (secondary N) is 1. The molecule has 2 aliphatic rings. The Bertz CT molecular complexity index is 451. The molecule has 1 aromatic heterocycles. The van der Waals surface area contributed by atoms with Gasteiger partial charge in [0.25, 0.3) is 0 Å². The summed E-state index contributed by atoms with van der Waals surface area (Å²) in [6.07, 6.45) is 5.79. The number of primary amides is 1. The van der Waals surface area contributed by atoms with Crippen LogP contribution in [0, 0.1) is 0 Å². The number of thiophene rings is 1. The minimum Gasteiger partial charge on any atom is -0.351 e. The van der Waals surface area contributed by atoms with Gasteiger partial charge in [-0.25, -0.2) is 4.79 Å². The molecule has 0 aromatic carbocycles. The predicted molar refractivity (Wildman–Crippen MR) is 77.3 cm³/mol. The third-order valence-corrected chi connectivity index (χ3v) is 5.29. The summed E-state index contributed by atoms with van der Waals surface area (Å²) >= 11 is 1.89. The zero-order valence-corrected chi connectivity index (χ0v) is 11.9. The zero-order valence-electron chi connectivity index (χ0n) is 11.1. The molecule has 0 spiro atoms. The van der Waals surface area contributed by atoms with Crippen LogP contribution >= 0.6 is 11.3 Å². The van der Waals surface area contributed by atoms with Crippen molar-refractivity contribution in [3.63, 3.8) is 0 Å². The molecule has 0 saturated carbocycles. The van der Waals surface area contributed by atoms with E-state index >= 15 is 0 Å². The van der Waals surface area contributed by atoms with Crippen LogP contribution in [-0.4, -0.2) is 30.1 Å². The molecular formula is C14H21N3OS. The largest absolute Gasteiger partial charge is 0.351 e. The molecule has 0 bridgehead atoms. The Morgan fingerprint density at radius 3 is 2.89 bits per heavy atom. The summed E-state index contributed by atoms with van der Waals surface area (Å²) in [7, 11) is 0. The molecule has 19 heavy (non-hydrogen) atoms. The number of hydrogen-bond donors (Lipinski definition) is 2. The number of urea groups is 1. The average Bonchev–Trinajstić information content (AvgIpc) is 2.89. The van der Waals surface area contributed by atoms with E-state index in [4.69, 9.17) is 5.73 Å². The molecule has 5 heteroatoms. The first-order valence-corrected chi connectivity index (χ1v) is 7.98. The van der Waals surface area contributed by atoms with Gasteiger partial charge in [-0.15, -0.1) is 11.3 Å². The monoisotopic (exact) mass is 279 g/mol. The number of piperidine rings is 1. The molecule has 1 aromatic rings. The lowest BCUT2D eigenvalue weighted by molar-refractivity contribution is 0.181. The molecule has 1 fully saturated rings. The highest BCUT2D eigenvalue weighted by molar-refractivity contribution is 7.10. The standard InChI is InChI=1S/C14H21N3OS/c15-14(18)17-7-4-10(5-8-17)16-12-2-1-3-13-11(12)6-9-19-13/h6,9-10,12,16H,1-5,7-8H2,(H2,15,18). The number of rotatable bonds is 2. The van der Waals surface area contributed by atoms with Crippen molar-refractivity contribution in [2.45, 2.75) is 44.2 Å². The van der Waals surface area contributed by atoms with Gasteiger partial charge in [-0.1, -0.05) is 0 Å². The Labute approximate surface area is 118 Å². The van der Waals surface area contributed by atoms with Gasteiger partial charge in [0.15, 0.2) is 0 Å². The molecule has 2 heterocycles. The zero-order chi connectivity index (χ0) is 13.2. The van der Waals surface area contributed by atoms with Gasteiger partial charge >= 0.3 is 6.03 Å². The molecule has 3 rings (SSSR count). The van der Waals surface area contributed by atoms with Crippen molar-refractivity contribution in [3.8, 4) is 0 Å². The number of aryl methyl sites for hydroxylation is 1. The van der Waals surface area contributed by atoms with Crippen LogP contribution < -0.4 is 11.1 Å². The number of likely N-dealkylation sites (tertiary alicyclic amines) is 1. The van der Waals surface area contributed by atoms with Crippen molar-refractivity contribution in [1.82, 2.24) is 10.2 Å². The first-order valence-electron chi connectivity index (χ1n) is 7.11. The molecule has 1 aliphatic heterocycles. The molecule has 1 unspecified atom stereocenters. The number of amides is 2. The molecule has 3 N–H and O–H groups in total.